The van der Waals surface area contributed by atoms with Gasteiger partial charge in [-0.15, -0.1) is 0 Å². The molecular weight excluding hydrogens is 732 g/mol. The van der Waals surface area contributed by atoms with Gasteiger partial charge in [-0.25, -0.2) is 4.79 Å². The first-order valence-electron chi connectivity index (χ1n) is 18.3. The molecule has 2 aromatic heterocycles. The maximum Gasteiger partial charge on any atom is 0.407 e. The number of hydrogen-bond donors (Lipinski definition) is 2. The molecule has 3 aromatic carbocycles. The number of rotatable bonds is 11. The zero-order valence-corrected chi connectivity index (χ0v) is 33.4. The molecule has 1 saturated heterocycles. The molecule has 1 atom stereocenters. The van der Waals surface area contributed by atoms with E-state index in [9.17, 15) is 9.90 Å². The molecule has 52 heavy (non-hydrogen) atoms. The molecule has 8 nitrogen and oxygen atoms in total. The minimum atomic E-state index is -2.72. The number of carboxylic acid groups (broad SMARTS) is 1. The van der Waals surface area contributed by atoms with E-state index in [0.717, 1.165) is 51.9 Å². The van der Waals surface area contributed by atoms with E-state index in [2.05, 4.69) is 132 Å². The lowest BCUT2D eigenvalue weighted by Gasteiger charge is -2.44. The van der Waals surface area contributed by atoms with Gasteiger partial charge in [0, 0.05) is 60.8 Å². The minimum absolute atomic E-state index is 0.00944. The molecule has 5 aromatic rings. The molecule has 1 aliphatic carbocycles. The van der Waals surface area contributed by atoms with Gasteiger partial charge in [-0.1, -0.05) is 97.4 Å². The number of anilines is 1. The van der Waals surface area contributed by atoms with Crippen LogP contribution in [0, 0.1) is 5.41 Å². The summed E-state index contributed by atoms with van der Waals surface area (Å²) in [6.07, 6.45) is 3.86. The Morgan fingerprint density at radius 1 is 0.981 bits per heavy atom. The quantitative estimate of drug-likeness (QED) is 0.131. The number of nitrogens with zero attached hydrogens (tertiary/aromatic N) is 3. The highest BCUT2D eigenvalue weighted by Crippen LogP contribution is 2.52. The van der Waals surface area contributed by atoms with Gasteiger partial charge in [-0.05, 0) is 76.8 Å². The first-order valence-corrected chi connectivity index (χ1v) is 21.0. The lowest BCUT2D eigenvalue weighted by molar-refractivity contribution is 0.116. The fourth-order valence-corrected chi connectivity index (χ4v) is 13.0. The van der Waals surface area contributed by atoms with Gasteiger partial charge in [0.05, 0.1) is 29.4 Å². The van der Waals surface area contributed by atoms with Crippen LogP contribution in [0.5, 0.6) is 0 Å². The van der Waals surface area contributed by atoms with Crippen molar-refractivity contribution in [1.29, 1.82) is 0 Å². The topological polar surface area (TPSA) is 90.9 Å². The van der Waals surface area contributed by atoms with E-state index < -0.39 is 14.4 Å². The molecule has 1 amide bonds. The van der Waals surface area contributed by atoms with Crippen LogP contribution in [0.2, 0.25) is 5.04 Å². The van der Waals surface area contributed by atoms with Crippen molar-refractivity contribution in [3.63, 3.8) is 0 Å². The Kier molecular flexibility index (Phi) is 10.1. The second-order valence-corrected chi connectivity index (χ2v) is 20.8. The van der Waals surface area contributed by atoms with Gasteiger partial charge >= 0.3 is 6.09 Å². The predicted molar refractivity (Wildman–Crippen MR) is 215 cm³/mol. The van der Waals surface area contributed by atoms with Crippen LogP contribution in [0.25, 0.3) is 22.2 Å². The lowest BCUT2D eigenvalue weighted by Crippen LogP contribution is -2.67. The number of amides is 1. The number of nitrogens with one attached hydrogen (secondary N) is 1. The summed E-state index contributed by atoms with van der Waals surface area (Å²) >= 11 is 3.77. The van der Waals surface area contributed by atoms with E-state index in [0.29, 0.717) is 32.8 Å². The molecule has 1 saturated carbocycles. The van der Waals surface area contributed by atoms with Crippen LogP contribution >= 0.6 is 15.9 Å². The summed E-state index contributed by atoms with van der Waals surface area (Å²) in [6.45, 7) is 11.9. The zero-order valence-electron chi connectivity index (χ0n) is 30.8. The number of methoxy groups -OCH3 is 1. The molecule has 0 spiro atoms. The van der Waals surface area contributed by atoms with Crippen molar-refractivity contribution in [3.05, 3.63) is 107 Å². The maximum atomic E-state index is 11.6. The monoisotopic (exact) mass is 780 g/mol. The third kappa shape index (κ3) is 6.94. The Hall–Kier alpha value is -3.96. The van der Waals surface area contributed by atoms with E-state index in [1.165, 1.54) is 26.2 Å². The summed E-state index contributed by atoms with van der Waals surface area (Å²) in [5.74, 6) is 0. The number of halogens is 1. The Morgan fingerprint density at radius 2 is 1.62 bits per heavy atom. The molecule has 3 heterocycles. The Bertz CT molecular complexity index is 2000. The van der Waals surface area contributed by atoms with Crippen molar-refractivity contribution < 1.29 is 19.1 Å². The summed E-state index contributed by atoms with van der Waals surface area (Å²) in [7, 11) is -0.994. The van der Waals surface area contributed by atoms with Crippen molar-refractivity contribution in [2.75, 3.05) is 44.8 Å². The number of benzene rings is 3. The zero-order chi connectivity index (χ0) is 36.7. The van der Waals surface area contributed by atoms with Gasteiger partial charge in [0.25, 0.3) is 8.32 Å². The average molecular weight is 782 g/mol. The van der Waals surface area contributed by atoms with Gasteiger partial charge in [-0.2, -0.15) is 0 Å². The van der Waals surface area contributed by atoms with Crippen LogP contribution in [0.3, 0.4) is 0 Å². The molecular formula is C42H49BrN4O4Si. The molecule has 272 valence electrons. The molecule has 1 unspecified atom stereocenters. The normalized spacial score (nSPS) is 16.7. The van der Waals surface area contributed by atoms with E-state index >= 15 is 0 Å². The Labute approximate surface area is 316 Å². The molecule has 2 N–H and O–H groups in total. The number of pyridine rings is 1. The first-order chi connectivity index (χ1) is 24.9. The summed E-state index contributed by atoms with van der Waals surface area (Å²) in [5, 5.41) is 13.2. The molecule has 2 aliphatic rings. The maximum absolute atomic E-state index is 11.6. The summed E-state index contributed by atoms with van der Waals surface area (Å²) in [4.78, 5) is 24.2. The van der Waals surface area contributed by atoms with Crippen LogP contribution in [-0.2, 0) is 15.6 Å². The van der Waals surface area contributed by atoms with Gasteiger partial charge in [-0.3, -0.25) is 4.98 Å². The highest BCUT2D eigenvalue weighted by Gasteiger charge is 2.53. The van der Waals surface area contributed by atoms with Crippen LogP contribution < -0.4 is 15.3 Å². The number of fused-ring (bicyclic) bond motifs is 1. The Balaban J connectivity index is 1.29. The minimum Gasteiger partial charge on any atom is -0.465 e. The summed E-state index contributed by atoms with van der Waals surface area (Å²) in [5.41, 5.74) is 6.25. The van der Waals surface area contributed by atoms with Crippen LogP contribution in [-0.4, -0.2) is 74.3 Å². The number of H-pyrrole nitrogens is 1. The van der Waals surface area contributed by atoms with Gasteiger partial charge in [0.1, 0.15) is 0 Å². The fraction of sp³-hybridized carbons (Fsp3) is 0.381. The van der Waals surface area contributed by atoms with Crippen molar-refractivity contribution in [1.82, 2.24) is 14.9 Å². The van der Waals surface area contributed by atoms with Crippen molar-refractivity contribution in [2.45, 2.75) is 58.1 Å². The number of aromatic amines is 1. The SMILES string of the molecule is COC(C)c1ncc(N2CCN(C(=O)O)CC2)cc1-c1[nH]c2ccc(Br)cc2c1CC1(CO[Si](c2ccccc2)(c2ccccc2)C(C)(C)C)CC1. The summed E-state index contributed by atoms with van der Waals surface area (Å²) in [6, 6.07) is 30.5. The second kappa shape index (κ2) is 14.5. The van der Waals surface area contributed by atoms with E-state index in [4.69, 9.17) is 14.1 Å². The van der Waals surface area contributed by atoms with Crippen LogP contribution in [0.1, 0.15) is 57.9 Å². The third-order valence-corrected chi connectivity index (χ3v) is 16.7. The lowest BCUT2D eigenvalue weighted by atomic mass is 9.92. The van der Waals surface area contributed by atoms with Crippen LogP contribution in [0.4, 0.5) is 10.5 Å². The third-order valence-electron chi connectivity index (χ3n) is 11.2. The van der Waals surface area contributed by atoms with Gasteiger partial charge < -0.3 is 29.1 Å². The largest absolute Gasteiger partial charge is 0.465 e. The van der Waals surface area contributed by atoms with Gasteiger partial charge in [0.15, 0.2) is 0 Å². The smallest absolute Gasteiger partial charge is 0.407 e. The highest BCUT2D eigenvalue weighted by molar-refractivity contribution is 9.10. The number of aromatic nitrogens is 2. The highest BCUT2D eigenvalue weighted by atomic mass is 79.9. The predicted octanol–water partition coefficient (Wildman–Crippen LogP) is 8.40. The van der Waals surface area contributed by atoms with E-state index in [1.807, 2.05) is 13.1 Å². The molecule has 0 bridgehead atoms. The number of carbonyl (C=O) groups is 1. The number of hydrogen-bond acceptors (Lipinski definition) is 5. The van der Waals surface area contributed by atoms with E-state index in [-0.39, 0.29) is 16.6 Å². The van der Waals surface area contributed by atoms with Gasteiger partial charge in [0.2, 0.25) is 0 Å². The van der Waals surface area contributed by atoms with Crippen molar-refractivity contribution in [2.24, 2.45) is 5.41 Å². The Morgan fingerprint density at radius 3 is 2.17 bits per heavy atom. The van der Waals surface area contributed by atoms with Crippen LogP contribution in [0.15, 0.2) is 95.6 Å². The average Bonchev–Trinajstić information content (AvgIpc) is 3.84. The van der Waals surface area contributed by atoms with Crippen molar-refractivity contribution >= 4 is 57.3 Å². The number of ether oxygens (including phenoxy) is 1. The van der Waals surface area contributed by atoms with Crippen molar-refractivity contribution in [3.8, 4) is 11.3 Å². The van der Waals surface area contributed by atoms with E-state index in [1.54, 1.807) is 7.11 Å². The first kappa shape index (κ1) is 36.4. The fourth-order valence-electron chi connectivity index (χ4n) is 8.01. The molecule has 0 radical (unpaired) electrons. The molecule has 7 rings (SSSR count). The molecule has 2 fully saturated rings. The molecule has 10 heteroatoms. The number of piperazine rings is 1. The summed E-state index contributed by atoms with van der Waals surface area (Å²) < 4.78 is 14.5. The molecule has 1 aliphatic heterocycles. The standard InChI is InChI=1S/C42H49BrN4O4Si/c1-29(50-5)38-35(25-31(27-44-38)46-20-22-47(23-21-46)40(48)49)39-36(34-24-30(43)16-17-37(34)45-39)26-42(18-19-42)28-51-52(41(2,3)4,32-12-8-6-9-13-32)33-14-10-7-11-15-33/h6-17,24-25,27,29,45H,18-23,26,28H2,1-5H3,(H,48,49). The second-order valence-electron chi connectivity index (χ2n) is 15.6.